The molecule has 0 aromatic rings. The van der Waals surface area contributed by atoms with Crippen molar-refractivity contribution in [3.05, 3.63) is 0 Å². The predicted molar refractivity (Wildman–Crippen MR) is 47.2 cm³/mol. The van der Waals surface area contributed by atoms with E-state index >= 15 is 0 Å². The van der Waals surface area contributed by atoms with Gasteiger partial charge in [-0.05, 0) is 14.1 Å². The van der Waals surface area contributed by atoms with Crippen molar-refractivity contribution < 1.29 is 30.5 Å². The molecule has 0 aromatic carbocycles. The summed E-state index contributed by atoms with van der Waals surface area (Å²) < 4.78 is 74.5. The molecule has 0 aromatic heterocycles. The summed E-state index contributed by atoms with van der Waals surface area (Å²) in [5, 5.41) is 2.75. The Morgan fingerprint density at radius 3 is 1.73 bits per heavy atom. The van der Waals surface area contributed by atoms with E-state index in [-0.39, 0.29) is 0 Å². The largest absolute Gasteiger partial charge is 0.323 e. The third-order valence-corrected chi connectivity index (χ3v) is 1.70. The SMILES string of the molecule is CNC.O=S(=O)(O)CC(F)C(F)C(F)F. The smallest absolute Gasteiger partial charge is 0.272 e. The van der Waals surface area contributed by atoms with Crippen molar-refractivity contribution in [1.29, 1.82) is 0 Å². The van der Waals surface area contributed by atoms with E-state index in [1.165, 1.54) is 0 Å². The van der Waals surface area contributed by atoms with Gasteiger partial charge in [0.05, 0.1) is 0 Å². The lowest BCUT2D eigenvalue weighted by Gasteiger charge is -2.10. The Labute approximate surface area is 85.4 Å². The van der Waals surface area contributed by atoms with E-state index in [1.54, 1.807) is 0 Å². The lowest BCUT2D eigenvalue weighted by Crippen LogP contribution is -2.31. The zero-order chi connectivity index (χ0) is 12.6. The molecular formula is C6H13F4NO3S. The highest BCUT2D eigenvalue weighted by atomic mass is 32.2. The molecule has 0 saturated carbocycles. The van der Waals surface area contributed by atoms with Crippen LogP contribution in [0.15, 0.2) is 0 Å². The number of halogens is 4. The van der Waals surface area contributed by atoms with Crippen LogP contribution in [0.2, 0.25) is 0 Å². The molecule has 2 N–H and O–H groups in total. The maximum atomic E-state index is 12.1. The van der Waals surface area contributed by atoms with Gasteiger partial charge < -0.3 is 5.32 Å². The van der Waals surface area contributed by atoms with Crippen molar-refractivity contribution >= 4 is 10.1 Å². The standard InChI is InChI=1S/C4H6F4O3S.C2H7N/c5-2(1-12(9,10)11)3(6)4(7)8;1-3-2/h2-4H,1H2,(H,9,10,11);3H,1-2H3. The van der Waals surface area contributed by atoms with Gasteiger partial charge in [0, 0.05) is 0 Å². The minimum absolute atomic E-state index is 1.65. The molecule has 0 fully saturated rings. The maximum Gasteiger partial charge on any atom is 0.272 e. The Morgan fingerprint density at radius 2 is 1.53 bits per heavy atom. The Kier molecular flexibility index (Phi) is 8.87. The lowest BCUT2D eigenvalue weighted by molar-refractivity contribution is 0.00987. The van der Waals surface area contributed by atoms with E-state index in [2.05, 4.69) is 5.32 Å². The van der Waals surface area contributed by atoms with Crippen LogP contribution in [-0.4, -0.2) is 51.6 Å². The normalized spacial score (nSPS) is 15.5. The van der Waals surface area contributed by atoms with E-state index in [9.17, 15) is 26.0 Å². The van der Waals surface area contributed by atoms with Crippen LogP contribution in [0.1, 0.15) is 0 Å². The maximum absolute atomic E-state index is 12.1. The van der Waals surface area contributed by atoms with Gasteiger partial charge in [0.2, 0.25) is 0 Å². The summed E-state index contributed by atoms with van der Waals surface area (Å²) in [6.07, 6.45) is -9.69. The Morgan fingerprint density at radius 1 is 1.20 bits per heavy atom. The van der Waals surface area contributed by atoms with Crippen LogP contribution < -0.4 is 5.32 Å². The fraction of sp³-hybridized carbons (Fsp3) is 1.00. The summed E-state index contributed by atoms with van der Waals surface area (Å²) in [6, 6.07) is 0. The Hall–Kier alpha value is -0.410. The first-order chi connectivity index (χ1) is 6.65. The summed E-state index contributed by atoms with van der Waals surface area (Å²) in [5.74, 6) is -1.65. The van der Waals surface area contributed by atoms with Gasteiger partial charge in [0.1, 0.15) is 5.75 Å². The second kappa shape index (κ2) is 7.83. The molecular weight excluding hydrogens is 242 g/mol. The molecule has 15 heavy (non-hydrogen) atoms. The first-order valence-corrected chi connectivity index (χ1v) is 5.36. The van der Waals surface area contributed by atoms with Gasteiger partial charge in [-0.15, -0.1) is 0 Å². The molecule has 2 atom stereocenters. The van der Waals surface area contributed by atoms with Crippen LogP contribution in [0.5, 0.6) is 0 Å². The quantitative estimate of drug-likeness (QED) is 0.572. The molecule has 4 nitrogen and oxygen atoms in total. The molecule has 2 unspecified atom stereocenters. The predicted octanol–water partition coefficient (Wildman–Crippen LogP) is 0.651. The highest BCUT2D eigenvalue weighted by Crippen LogP contribution is 2.14. The van der Waals surface area contributed by atoms with Gasteiger partial charge >= 0.3 is 0 Å². The van der Waals surface area contributed by atoms with Gasteiger partial charge in [-0.1, -0.05) is 0 Å². The number of rotatable bonds is 4. The minimum atomic E-state index is -4.75. The second-order valence-electron chi connectivity index (χ2n) is 2.54. The molecule has 0 spiro atoms. The molecule has 0 amide bonds. The highest BCUT2D eigenvalue weighted by Gasteiger charge is 2.32. The summed E-state index contributed by atoms with van der Waals surface area (Å²) >= 11 is 0. The first kappa shape index (κ1) is 17.0. The van der Waals surface area contributed by atoms with Gasteiger partial charge in [-0.2, -0.15) is 8.42 Å². The van der Waals surface area contributed by atoms with Crippen molar-refractivity contribution in [3.63, 3.8) is 0 Å². The van der Waals surface area contributed by atoms with Gasteiger partial charge in [-0.3, -0.25) is 4.55 Å². The number of hydrogen-bond acceptors (Lipinski definition) is 3. The van der Waals surface area contributed by atoms with Crippen molar-refractivity contribution in [2.45, 2.75) is 18.8 Å². The van der Waals surface area contributed by atoms with Crippen LogP contribution >= 0.6 is 0 Å². The summed E-state index contributed by atoms with van der Waals surface area (Å²) in [7, 11) is -1.00. The number of hydrogen-bond donors (Lipinski definition) is 2. The highest BCUT2D eigenvalue weighted by molar-refractivity contribution is 7.85. The fourth-order valence-corrected chi connectivity index (χ4v) is 1.04. The topological polar surface area (TPSA) is 66.4 Å². The third kappa shape index (κ3) is 11.5. The van der Waals surface area contributed by atoms with Crippen LogP contribution in [0.25, 0.3) is 0 Å². The molecule has 0 aliphatic carbocycles. The van der Waals surface area contributed by atoms with E-state index in [4.69, 9.17) is 4.55 Å². The molecule has 0 heterocycles. The Bertz CT molecular complexity index is 247. The van der Waals surface area contributed by atoms with Crippen LogP contribution in [0, 0.1) is 0 Å². The third-order valence-electron chi connectivity index (χ3n) is 0.956. The molecule has 0 aliphatic rings. The van der Waals surface area contributed by atoms with Crippen molar-refractivity contribution in [2.24, 2.45) is 0 Å². The zero-order valence-corrected chi connectivity index (χ0v) is 8.94. The summed E-state index contributed by atoms with van der Waals surface area (Å²) in [6.45, 7) is 0. The molecule has 0 bridgehead atoms. The minimum Gasteiger partial charge on any atom is -0.323 e. The molecule has 0 saturated heterocycles. The first-order valence-electron chi connectivity index (χ1n) is 3.75. The monoisotopic (exact) mass is 255 g/mol. The molecule has 9 heteroatoms. The summed E-state index contributed by atoms with van der Waals surface area (Å²) in [5.41, 5.74) is 0. The van der Waals surface area contributed by atoms with E-state index in [0.717, 1.165) is 0 Å². The van der Waals surface area contributed by atoms with Crippen LogP contribution in [0.3, 0.4) is 0 Å². The Balaban J connectivity index is 0. The van der Waals surface area contributed by atoms with E-state index < -0.39 is 34.6 Å². The lowest BCUT2D eigenvalue weighted by atomic mass is 10.3. The van der Waals surface area contributed by atoms with Gasteiger partial charge in [0.25, 0.3) is 16.5 Å². The average Bonchev–Trinajstić information content (AvgIpc) is 2.01. The molecule has 94 valence electrons. The van der Waals surface area contributed by atoms with Crippen LogP contribution in [0.4, 0.5) is 17.6 Å². The molecule has 0 aliphatic heterocycles. The number of nitrogens with one attached hydrogen (secondary N) is 1. The van der Waals surface area contributed by atoms with Gasteiger partial charge in [-0.25, -0.2) is 17.6 Å². The molecule has 0 rings (SSSR count). The molecule has 0 radical (unpaired) electrons. The number of alkyl halides is 4. The summed E-state index contributed by atoms with van der Waals surface area (Å²) in [4.78, 5) is 0. The van der Waals surface area contributed by atoms with Gasteiger partial charge in [0.15, 0.2) is 12.3 Å². The van der Waals surface area contributed by atoms with E-state index in [0.29, 0.717) is 0 Å². The van der Waals surface area contributed by atoms with Crippen LogP contribution in [-0.2, 0) is 10.1 Å². The van der Waals surface area contributed by atoms with Crippen molar-refractivity contribution in [3.8, 4) is 0 Å². The van der Waals surface area contributed by atoms with Crippen molar-refractivity contribution in [1.82, 2.24) is 5.32 Å². The van der Waals surface area contributed by atoms with Crippen molar-refractivity contribution in [2.75, 3.05) is 19.8 Å². The second-order valence-corrected chi connectivity index (χ2v) is 4.04. The fourth-order valence-electron chi connectivity index (χ4n) is 0.451. The zero-order valence-electron chi connectivity index (χ0n) is 8.12. The average molecular weight is 255 g/mol. The van der Waals surface area contributed by atoms with E-state index in [1.807, 2.05) is 14.1 Å².